The first-order valence-electron chi connectivity index (χ1n) is 13.0. The maximum Gasteiger partial charge on any atom is 0.394 e. The molecule has 0 aliphatic heterocycles. The van der Waals surface area contributed by atoms with Crippen LogP contribution in [-0.2, 0) is 6.37 Å². The number of pyridine rings is 1. The number of hydrogen-bond acceptors (Lipinski definition) is 2. The average Bonchev–Trinajstić information content (AvgIpc) is 3.32. The molecule has 0 aliphatic rings. The Morgan fingerprint density at radius 2 is 1.43 bits per heavy atom. The first-order chi connectivity index (χ1) is 18.5. The smallest absolute Gasteiger partial charge is 0.394 e. The van der Waals surface area contributed by atoms with Crippen LogP contribution in [0.4, 0.5) is 13.2 Å². The average molecular weight is 498 g/mol. The Kier molecular flexibility index (Phi) is 4.81. The number of fused-ring (bicyclic) bond motifs is 5. The first kappa shape index (κ1) is 21.0. The summed E-state index contributed by atoms with van der Waals surface area (Å²) < 4.78 is 63.3. The summed E-state index contributed by atoms with van der Waals surface area (Å²) in [4.78, 5) is 4.67. The topological polar surface area (TPSA) is 26.0 Å². The van der Waals surface area contributed by atoms with Gasteiger partial charge in [-0.25, -0.2) is 0 Å². The third kappa shape index (κ3) is 4.05. The summed E-state index contributed by atoms with van der Waals surface area (Å²) in [6.45, 7) is 1.77. The third-order valence-corrected chi connectivity index (χ3v) is 6.81. The summed E-state index contributed by atoms with van der Waals surface area (Å²) in [6, 6.07) is 28.1. The Hall–Kier alpha value is -4.12. The van der Waals surface area contributed by atoms with Crippen molar-refractivity contribution in [3.05, 3.63) is 103 Å². The fourth-order valence-corrected chi connectivity index (χ4v) is 4.63. The highest BCUT2D eigenvalue weighted by molar-refractivity contribution is 6.17. The zero-order chi connectivity index (χ0) is 27.6. The molecule has 2 nitrogen and oxygen atoms in total. The summed E-state index contributed by atoms with van der Waals surface area (Å²) in [5, 5.41) is 4.20. The van der Waals surface area contributed by atoms with Crippen LogP contribution in [0.3, 0.4) is 0 Å². The summed E-state index contributed by atoms with van der Waals surface area (Å²) in [6.07, 6.45) is -5.58. The van der Waals surface area contributed by atoms with Gasteiger partial charge < -0.3 is 4.42 Å². The fraction of sp³-hybridized carbons (Fsp3) is 0.156. The Bertz CT molecular complexity index is 1840. The highest BCUT2D eigenvalue weighted by atomic mass is 19.4. The molecule has 0 amide bonds. The van der Waals surface area contributed by atoms with Crippen molar-refractivity contribution in [2.24, 2.45) is 5.41 Å². The van der Waals surface area contributed by atoms with Gasteiger partial charge in [0.05, 0.1) is 11.1 Å². The van der Waals surface area contributed by atoms with Gasteiger partial charge in [-0.3, -0.25) is 4.98 Å². The summed E-state index contributed by atoms with van der Waals surface area (Å²) in [5.74, 6) is 0. The lowest BCUT2D eigenvalue weighted by Gasteiger charge is -2.27. The van der Waals surface area contributed by atoms with Gasteiger partial charge in [-0.05, 0) is 41.1 Å². The molecule has 4 aromatic carbocycles. The molecule has 2 aromatic heterocycles. The van der Waals surface area contributed by atoms with Crippen molar-refractivity contribution < 1.29 is 20.3 Å². The number of hydrogen-bond donors (Lipinski definition) is 0. The highest BCUT2D eigenvalue weighted by Gasteiger charge is 2.46. The monoisotopic (exact) mass is 497 g/mol. The Morgan fingerprint density at radius 3 is 2.16 bits per heavy atom. The van der Waals surface area contributed by atoms with Gasteiger partial charge >= 0.3 is 6.18 Å². The molecule has 0 atom stereocenters. The molecule has 0 N–H and O–H groups in total. The number of nitrogens with zero attached hydrogens (tertiary/aromatic N) is 1. The molecule has 6 rings (SSSR count). The summed E-state index contributed by atoms with van der Waals surface area (Å²) in [7, 11) is 0. The molecule has 0 saturated carbocycles. The molecule has 37 heavy (non-hydrogen) atoms. The van der Waals surface area contributed by atoms with Gasteiger partial charge in [0, 0.05) is 36.2 Å². The van der Waals surface area contributed by atoms with Crippen molar-refractivity contribution in [1.82, 2.24) is 4.98 Å². The van der Waals surface area contributed by atoms with Crippen LogP contribution in [0.1, 0.15) is 22.2 Å². The van der Waals surface area contributed by atoms with E-state index in [1.54, 1.807) is 18.3 Å². The molecule has 0 fully saturated rings. The Labute approximate surface area is 215 Å². The van der Waals surface area contributed by atoms with E-state index in [1.807, 2.05) is 48.5 Å². The molecule has 2 heterocycles. The van der Waals surface area contributed by atoms with Crippen LogP contribution in [0.2, 0.25) is 0 Å². The van der Waals surface area contributed by atoms with E-state index in [4.69, 9.17) is 7.16 Å². The highest BCUT2D eigenvalue weighted by Crippen LogP contribution is 2.41. The van der Waals surface area contributed by atoms with Gasteiger partial charge in [0.25, 0.3) is 0 Å². The van der Waals surface area contributed by atoms with Crippen molar-refractivity contribution in [1.29, 1.82) is 0 Å². The molecular formula is C32H24F3NO. The van der Waals surface area contributed by atoms with Crippen molar-refractivity contribution in [2.45, 2.75) is 26.4 Å². The van der Waals surface area contributed by atoms with Crippen LogP contribution < -0.4 is 0 Å². The third-order valence-electron chi connectivity index (χ3n) is 6.81. The zero-order valence-electron chi connectivity index (χ0n) is 22.2. The number of aromatic nitrogens is 1. The second-order valence-corrected chi connectivity index (χ2v) is 9.70. The molecule has 0 unspecified atom stereocenters. The van der Waals surface area contributed by atoms with Gasteiger partial charge in [-0.1, -0.05) is 86.6 Å². The molecular weight excluding hydrogens is 471 g/mol. The Morgan fingerprint density at radius 1 is 0.730 bits per heavy atom. The van der Waals surface area contributed by atoms with Crippen LogP contribution in [0.5, 0.6) is 0 Å². The van der Waals surface area contributed by atoms with Gasteiger partial charge in [0.1, 0.15) is 11.2 Å². The predicted octanol–water partition coefficient (Wildman–Crippen LogP) is 9.60. The largest absolute Gasteiger partial charge is 0.455 e. The Balaban J connectivity index is 1.35. The number of benzene rings is 4. The fourth-order valence-electron chi connectivity index (χ4n) is 4.63. The summed E-state index contributed by atoms with van der Waals surface area (Å²) >= 11 is 0. The molecule has 0 aliphatic carbocycles. The van der Waals surface area contributed by atoms with E-state index in [0.717, 1.165) is 68.9 Å². The second-order valence-electron chi connectivity index (χ2n) is 9.70. The van der Waals surface area contributed by atoms with E-state index in [0.29, 0.717) is 0 Å². The first-order valence-corrected chi connectivity index (χ1v) is 12.0. The van der Waals surface area contributed by atoms with Crippen LogP contribution in [0.25, 0.3) is 55.1 Å². The van der Waals surface area contributed by atoms with Crippen LogP contribution in [0.15, 0.2) is 102 Å². The van der Waals surface area contributed by atoms with Gasteiger partial charge in [0.2, 0.25) is 0 Å². The molecule has 5 heteroatoms. The maximum atomic E-state index is 13.5. The molecule has 0 spiro atoms. The number of alkyl halides is 3. The number of para-hydroxylation sites is 1. The normalized spacial score (nSPS) is 13.8. The minimum Gasteiger partial charge on any atom is -0.455 e. The van der Waals surface area contributed by atoms with E-state index < -0.39 is 18.0 Å². The second kappa shape index (κ2) is 8.48. The zero-order valence-corrected chi connectivity index (χ0v) is 20.2. The molecule has 0 bridgehead atoms. The molecule has 6 aromatic rings. The van der Waals surface area contributed by atoms with E-state index in [2.05, 4.69) is 23.2 Å². The predicted molar refractivity (Wildman–Crippen MR) is 143 cm³/mol. The van der Waals surface area contributed by atoms with E-state index in [-0.39, 0.29) is 5.56 Å². The lowest BCUT2D eigenvalue weighted by Crippen LogP contribution is -2.34. The number of rotatable bonds is 4. The van der Waals surface area contributed by atoms with Crippen molar-refractivity contribution in [3.8, 4) is 22.4 Å². The SMILES string of the molecule is [2H]C([2H])(c1ccc(-c2ccc(-c3cccc4c3oc3c5ccccc5ccc43)nc2)cc1)C(C)(C)C(F)(F)F. The van der Waals surface area contributed by atoms with E-state index in [1.165, 1.54) is 12.1 Å². The molecule has 0 radical (unpaired) electrons. The standard InChI is InChI=1S/C32H24F3NO/c1-31(2,32(33,34)35)18-20-10-12-21(13-11-20)23-15-17-28(36-19-23)27-9-5-8-25-26-16-14-22-6-3-4-7-24(22)29(26)37-30(25)27/h3-17,19H,18H2,1-2H3/i18D2. The van der Waals surface area contributed by atoms with Crippen molar-refractivity contribution >= 4 is 32.7 Å². The van der Waals surface area contributed by atoms with Gasteiger partial charge in [-0.2, -0.15) is 13.2 Å². The van der Waals surface area contributed by atoms with Crippen molar-refractivity contribution in [3.63, 3.8) is 0 Å². The van der Waals surface area contributed by atoms with Gasteiger partial charge in [-0.15, -0.1) is 0 Å². The van der Waals surface area contributed by atoms with E-state index >= 15 is 0 Å². The molecule has 184 valence electrons. The minimum absolute atomic E-state index is 0.0257. The minimum atomic E-state index is -4.69. The quantitative estimate of drug-likeness (QED) is 0.242. The molecule has 0 saturated heterocycles. The van der Waals surface area contributed by atoms with E-state index in [9.17, 15) is 13.2 Å². The number of furan rings is 1. The summed E-state index contributed by atoms with van der Waals surface area (Å²) in [5.41, 5.74) is 2.10. The van der Waals surface area contributed by atoms with Crippen LogP contribution in [0, 0.1) is 5.41 Å². The van der Waals surface area contributed by atoms with Crippen molar-refractivity contribution in [2.75, 3.05) is 0 Å². The van der Waals surface area contributed by atoms with Crippen LogP contribution in [-0.4, -0.2) is 11.2 Å². The van der Waals surface area contributed by atoms with Crippen LogP contribution >= 0.6 is 0 Å². The number of halogens is 3. The lowest BCUT2D eigenvalue weighted by atomic mass is 9.85. The van der Waals surface area contributed by atoms with Gasteiger partial charge in [0.15, 0.2) is 0 Å². The maximum absolute atomic E-state index is 13.5. The lowest BCUT2D eigenvalue weighted by molar-refractivity contribution is -0.211.